The van der Waals surface area contributed by atoms with Gasteiger partial charge in [-0.15, -0.1) is 0 Å². The van der Waals surface area contributed by atoms with E-state index >= 15 is 0 Å². The second-order valence-corrected chi connectivity index (χ2v) is 6.69. The molecule has 1 aliphatic heterocycles. The Morgan fingerprint density at radius 2 is 1.85 bits per heavy atom. The van der Waals surface area contributed by atoms with Crippen molar-refractivity contribution < 1.29 is 18.8 Å². The lowest BCUT2D eigenvalue weighted by Crippen LogP contribution is -2.55. The van der Waals surface area contributed by atoms with Crippen LogP contribution < -0.4 is 16.4 Å². The summed E-state index contributed by atoms with van der Waals surface area (Å²) in [6.07, 6.45) is 1.28. The molecule has 142 valence electrons. The number of nitrogens with zero attached hydrogens (tertiary/aromatic N) is 1. The number of halogens is 1. The Morgan fingerprint density at radius 3 is 2.35 bits per heavy atom. The van der Waals surface area contributed by atoms with Gasteiger partial charge in [0.2, 0.25) is 5.91 Å². The summed E-state index contributed by atoms with van der Waals surface area (Å²) in [6, 6.07) is 4.64. The zero-order valence-electron chi connectivity index (χ0n) is 15.3. The monoisotopic (exact) mass is 364 g/mol. The van der Waals surface area contributed by atoms with Gasteiger partial charge in [0.05, 0.1) is 5.54 Å². The van der Waals surface area contributed by atoms with Crippen molar-refractivity contribution in [1.29, 1.82) is 0 Å². The molecule has 1 fully saturated rings. The van der Waals surface area contributed by atoms with E-state index in [1.54, 1.807) is 0 Å². The normalized spacial score (nSPS) is 20.3. The maximum absolute atomic E-state index is 13.1. The highest BCUT2D eigenvalue weighted by Gasteiger charge is 2.49. The Hall–Kier alpha value is -2.48. The molecule has 26 heavy (non-hydrogen) atoms. The van der Waals surface area contributed by atoms with Gasteiger partial charge in [-0.05, 0) is 37.5 Å². The van der Waals surface area contributed by atoms with Crippen LogP contribution in [0.4, 0.5) is 9.18 Å². The van der Waals surface area contributed by atoms with Gasteiger partial charge >= 0.3 is 6.03 Å². The number of rotatable bonds is 7. The first-order valence-electron chi connectivity index (χ1n) is 8.62. The van der Waals surface area contributed by atoms with Crippen molar-refractivity contribution >= 4 is 17.8 Å². The minimum absolute atomic E-state index is 0.263. The van der Waals surface area contributed by atoms with Crippen molar-refractivity contribution in [1.82, 2.24) is 15.5 Å². The standard InChI is InChI=1S/C18H25FN4O3/c1-4-18(5-2,11-20)21-14(24)10-23-15(25)17(3,22-16(23)26)12-6-8-13(19)9-7-12/h6-9H,4-5,10-11,20H2,1-3H3,(H,21,24)(H,22,26). The lowest BCUT2D eigenvalue weighted by Gasteiger charge is -2.32. The first kappa shape index (κ1) is 19.8. The van der Waals surface area contributed by atoms with Gasteiger partial charge in [-0.2, -0.15) is 0 Å². The summed E-state index contributed by atoms with van der Waals surface area (Å²) < 4.78 is 13.1. The first-order chi connectivity index (χ1) is 12.2. The van der Waals surface area contributed by atoms with Crippen LogP contribution in [0.25, 0.3) is 0 Å². The second kappa shape index (κ2) is 7.41. The van der Waals surface area contributed by atoms with Crippen LogP contribution in [0, 0.1) is 5.82 Å². The molecule has 1 saturated heterocycles. The molecule has 8 heteroatoms. The molecule has 0 saturated carbocycles. The van der Waals surface area contributed by atoms with Crippen LogP contribution in [0.5, 0.6) is 0 Å². The van der Waals surface area contributed by atoms with Crippen LogP contribution >= 0.6 is 0 Å². The number of carbonyl (C=O) groups is 3. The van der Waals surface area contributed by atoms with E-state index in [4.69, 9.17) is 5.73 Å². The number of urea groups is 1. The molecule has 0 aliphatic carbocycles. The van der Waals surface area contributed by atoms with Gasteiger partial charge in [-0.25, -0.2) is 9.18 Å². The molecule has 1 aromatic carbocycles. The van der Waals surface area contributed by atoms with Gasteiger partial charge in [0, 0.05) is 6.54 Å². The van der Waals surface area contributed by atoms with E-state index in [0.29, 0.717) is 18.4 Å². The van der Waals surface area contributed by atoms with Gasteiger partial charge in [-0.3, -0.25) is 14.5 Å². The SMILES string of the molecule is CCC(CC)(CN)NC(=O)CN1C(=O)NC(C)(c2ccc(F)cc2)C1=O. The molecule has 2 rings (SSSR count). The molecule has 4 N–H and O–H groups in total. The van der Waals surface area contributed by atoms with Gasteiger partial charge in [-0.1, -0.05) is 26.0 Å². The third kappa shape index (κ3) is 3.55. The first-order valence-corrected chi connectivity index (χ1v) is 8.62. The molecule has 1 aromatic rings. The van der Waals surface area contributed by atoms with E-state index in [2.05, 4.69) is 10.6 Å². The second-order valence-electron chi connectivity index (χ2n) is 6.69. The van der Waals surface area contributed by atoms with E-state index in [1.807, 2.05) is 13.8 Å². The van der Waals surface area contributed by atoms with Gasteiger partial charge in [0.25, 0.3) is 5.91 Å². The summed E-state index contributed by atoms with van der Waals surface area (Å²) in [6.45, 7) is 5.22. The summed E-state index contributed by atoms with van der Waals surface area (Å²) >= 11 is 0. The summed E-state index contributed by atoms with van der Waals surface area (Å²) in [4.78, 5) is 38.3. The van der Waals surface area contributed by atoms with E-state index in [0.717, 1.165) is 4.90 Å². The van der Waals surface area contributed by atoms with E-state index in [-0.39, 0.29) is 6.54 Å². The molecule has 0 spiro atoms. The Balaban J connectivity index is 2.16. The Labute approximate surface area is 152 Å². The smallest absolute Gasteiger partial charge is 0.325 e. The molecule has 1 aliphatic rings. The fourth-order valence-electron chi connectivity index (χ4n) is 3.06. The summed E-state index contributed by atoms with van der Waals surface area (Å²) in [7, 11) is 0. The van der Waals surface area contributed by atoms with Crippen molar-refractivity contribution in [2.24, 2.45) is 5.73 Å². The Bertz CT molecular complexity index is 695. The molecule has 0 bridgehead atoms. The minimum atomic E-state index is -1.34. The Morgan fingerprint density at radius 1 is 1.27 bits per heavy atom. The molecule has 7 nitrogen and oxygen atoms in total. The van der Waals surface area contributed by atoms with Crippen molar-refractivity contribution in [3.8, 4) is 0 Å². The number of nitrogens with one attached hydrogen (secondary N) is 2. The zero-order chi connectivity index (χ0) is 19.5. The highest BCUT2D eigenvalue weighted by molar-refractivity contribution is 6.09. The summed E-state index contributed by atoms with van der Waals surface area (Å²) in [5, 5.41) is 5.42. The highest BCUT2D eigenvalue weighted by atomic mass is 19.1. The van der Waals surface area contributed by atoms with Crippen molar-refractivity contribution in [2.75, 3.05) is 13.1 Å². The summed E-state index contributed by atoms with van der Waals surface area (Å²) in [5.41, 5.74) is 4.31. The van der Waals surface area contributed by atoms with Crippen molar-refractivity contribution in [2.45, 2.75) is 44.7 Å². The van der Waals surface area contributed by atoms with E-state index in [1.165, 1.54) is 31.2 Å². The number of amides is 4. The van der Waals surface area contributed by atoms with Gasteiger partial charge < -0.3 is 16.4 Å². The lowest BCUT2D eigenvalue weighted by atomic mass is 9.92. The zero-order valence-corrected chi connectivity index (χ0v) is 15.3. The average Bonchev–Trinajstić information content (AvgIpc) is 2.84. The van der Waals surface area contributed by atoms with Gasteiger partial charge in [0.1, 0.15) is 17.9 Å². The number of nitrogens with two attached hydrogens (primary N) is 1. The topological polar surface area (TPSA) is 105 Å². The minimum Gasteiger partial charge on any atom is -0.348 e. The number of imide groups is 1. The predicted octanol–water partition coefficient (Wildman–Crippen LogP) is 1.23. The molecule has 0 radical (unpaired) electrons. The third-order valence-corrected chi connectivity index (χ3v) is 5.15. The van der Waals surface area contributed by atoms with Gasteiger partial charge in [0.15, 0.2) is 0 Å². The number of carbonyl (C=O) groups excluding carboxylic acids is 3. The van der Waals surface area contributed by atoms with Crippen molar-refractivity contribution in [3.05, 3.63) is 35.6 Å². The average molecular weight is 364 g/mol. The van der Waals surface area contributed by atoms with Crippen LogP contribution in [0.15, 0.2) is 24.3 Å². The van der Waals surface area contributed by atoms with Crippen LogP contribution in [0.1, 0.15) is 39.2 Å². The third-order valence-electron chi connectivity index (χ3n) is 5.15. The fraction of sp³-hybridized carbons (Fsp3) is 0.500. The molecule has 4 amide bonds. The number of benzene rings is 1. The summed E-state index contributed by atoms with van der Waals surface area (Å²) in [5.74, 6) is -1.45. The molecule has 1 heterocycles. The van der Waals surface area contributed by atoms with E-state index < -0.39 is 41.3 Å². The number of hydrogen-bond donors (Lipinski definition) is 3. The maximum Gasteiger partial charge on any atom is 0.325 e. The number of hydrogen-bond acceptors (Lipinski definition) is 4. The largest absolute Gasteiger partial charge is 0.348 e. The fourth-order valence-corrected chi connectivity index (χ4v) is 3.06. The van der Waals surface area contributed by atoms with Crippen LogP contribution in [-0.4, -0.2) is 41.4 Å². The quantitative estimate of drug-likeness (QED) is 0.633. The lowest BCUT2D eigenvalue weighted by molar-refractivity contribution is -0.135. The van der Waals surface area contributed by atoms with E-state index in [9.17, 15) is 18.8 Å². The predicted molar refractivity (Wildman–Crippen MR) is 94.5 cm³/mol. The molecule has 1 atom stereocenters. The molecular weight excluding hydrogens is 339 g/mol. The maximum atomic E-state index is 13.1. The highest BCUT2D eigenvalue weighted by Crippen LogP contribution is 2.28. The van der Waals surface area contributed by atoms with Crippen LogP contribution in [0.3, 0.4) is 0 Å². The van der Waals surface area contributed by atoms with Crippen LogP contribution in [-0.2, 0) is 15.1 Å². The molecule has 0 aromatic heterocycles. The molecule has 1 unspecified atom stereocenters. The van der Waals surface area contributed by atoms with Crippen molar-refractivity contribution in [3.63, 3.8) is 0 Å². The van der Waals surface area contributed by atoms with Crippen LogP contribution in [0.2, 0.25) is 0 Å². The Kier molecular flexibility index (Phi) is 5.65. The molecular formula is C18H25FN4O3.